The number of aromatic nitrogens is 3. The van der Waals surface area contributed by atoms with E-state index in [2.05, 4.69) is 21.0 Å². The molecule has 6 heterocycles. The molecule has 4 aliphatic rings. The van der Waals surface area contributed by atoms with Gasteiger partial charge in [0.05, 0.1) is 11.6 Å². The van der Waals surface area contributed by atoms with Crippen molar-refractivity contribution in [2.24, 2.45) is 0 Å². The lowest BCUT2D eigenvalue weighted by Gasteiger charge is -2.49. The molecule has 0 spiro atoms. The second-order valence-electron chi connectivity index (χ2n) is 11.4. The number of fused-ring (bicyclic) bond motifs is 5. The number of amides is 2. The molecule has 0 aliphatic carbocycles. The SMILES string of the molecule is O=C(O)c1cnc(N2CCC(N3CC(=O)N4C(Cc5c([nH]c6ccccc56)C4c4ccc5c(c4)OCO5)C3=O)CC2)nc1. The van der Waals surface area contributed by atoms with Crippen molar-refractivity contribution >= 4 is 34.6 Å². The predicted octanol–water partition coefficient (Wildman–Crippen LogP) is 2.74. The van der Waals surface area contributed by atoms with Crippen LogP contribution in [0.1, 0.15) is 46.1 Å². The van der Waals surface area contributed by atoms with Crippen LogP contribution in [-0.2, 0) is 16.0 Å². The number of hydrogen-bond donors (Lipinski definition) is 2. The predicted molar refractivity (Wildman–Crippen MR) is 153 cm³/mol. The van der Waals surface area contributed by atoms with Gasteiger partial charge in [0.15, 0.2) is 11.5 Å². The van der Waals surface area contributed by atoms with Crippen LogP contribution in [0.15, 0.2) is 54.9 Å². The van der Waals surface area contributed by atoms with Gasteiger partial charge in [0, 0.05) is 54.5 Å². The van der Waals surface area contributed by atoms with E-state index in [9.17, 15) is 14.4 Å². The first-order valence-corrected chi connectivity index (χ1v) is 14.4. The summed E-state index contributed by atoms with van der Waals surface area (Å²) in [5, 5.41) is 10.2. The highest BCUT2D eigenvalue weighted by Crippen LogP contribution is 2.45. The molecule has 2 atom stereocenters. The summed E-state index contributed by atoms with van der Waals surface area (Å²) in [6, 6.07) is 12.6. The minimum absolute atomic E-state index is 0.0143. The number of carboxylic acid groups (broad SMARTS) is 1. The van der Waals surface area contributed by atoms with Crippen LogP contribution >= 0.6 is 0 Å². The van der Waals surface area contributed by atoms with Crippen molar-refractivity contribution in [1.29, 1.82) is 0 Å². The fourth-order valence-corrected chi connectivity index (χ4v) is 7.00. The van der Waals surface area contributed by atoms with Gasteiger partial charge in [-0.3, -0.25) is 9.59 Å². The van der Waals surface area contributed by atoms with Gasteiger partial charge in [-0.15, -0.1) is 0 Å². The number of piperazine rings is 1. The molecule has 2 amide bonds. The molecule has 0 saturated carbocycles. The van der Waals surface area contributed by atoms with E-state index in [1.54, 1.807) is 9.80 Å². The summed E-state index contributed by atoms with van der Waals surface area (Å²) < 4.78 is 11.2. The van der Waals surface area contributed by atoms with E-state index >= 15 is 0 Å². The molecule has 12 heteroatoms. The summed E-state index contributed by atoms with van der Waals surface area (Å²) in [6.45, 7) is 1.35. The molecule has 4 aromatic rings. The van der Waals surface area contributed by atoms with Gasteiger partial charge in [0.2, 0.25) is 24.6 Å². The highest BCUT2D eigenvalue weighted by atomic mass is 16.7. The molecule has 4 aliphatic heterocycles. The molecular formula is C31H28N6O6. The molecular weight excluding hydrogens is 552 g/mol. The minimum Gasteiger partial charge on any atom is -0.478 e. The van der Waals surface area contributed by atoms with Gasteiger partial charge < -0.3 is 34.3 Å². The van der Waals surface area contributed by atoms with E-state index in [0.717, 1.165) is 27.7 Å². The maximum Gasteiger partial charge on any atom is 0.338 e. The Labute approximate surface area is 245 Å². The molecule has 2 unspecified atom stereocenters. The Kier molecular flexibility index (Phi) is 5.78. The number of piperidine rings is 1. The summed E-state index contributed by atoms with van der Waals surface area (Å²) in [7, 11) is 0. The van der Waals surface area contributed by atoms with Gasteiger partial charge in [-0.05, 0) is 42.2 Å². The smallest absolute Gasteiger partial charge is 0.338 e. The number of aromatic carboxylic acids is 1. The number of benzene rings is 2. The molecule has 43 heavy (non-hydrogen) atoms. The van der Waals surface area contributed by atoms with Crippen LogP contribution in [0.3, 0.4) is 0 Å². The highest BCUT2D eigenvalue weighted by Gasteiger charge is 2.50. The molecule has 0 radical (unpaired) electrons. The summed E-state index contributed by atoms with van der Waals surface area (Å²) in [5.41, 5.74) is 3.84. The Bertz CT molecular complexity index is 1780. The number of carbonyl (C=O) groups excluding carboxylic acids is 2. The number of anilines is 1. The van der Waals surface area contributed by atoms with Crippen LogP contribution in [0, 0.1) is 0 Å². The van der Waals surface area contributed by atoms with Crippen LogP contribution in [0.4, 0.5) is 5.95 Å². The van der Waals surface area contributed by atoms with Gasteiger partial charge in [0.1, 0.15) is 12.6 Å². The van der Waals surface area contributed by atoms with Gasteiger partial charge in [-0.2, -0.15) is 0 Å². The third-order valence-corrected chi connectivity index (χ3v) is 9.08. The van der Waals surface area contributed by atoms with Gasteiger partial charge in [-0.1, -0.05) is 24.3 Å². The largest absolute Gasteiger partial charge is 0.478 e. The van der Waals surface area contributed by atoms with E-state index in [0.29, 0.717) is 49.8 Å². The van der Waals surface area contributed by atoms with Crippen molar-refractivity contribution < 1.29 is 29.0 Å². The number of nitrogens with zero attached hydrogens (tertiary/aromatic N) is 5. The van der Waals surface area contributed by atoms with Crippen molar-refractivity contribution in [2.45, 2.75) is 37.4 Å². The number of aromatic amines is 1. The third kappa shape index (κ3) is 4.08. The first-order valence-electron chi connectivity index (χ1n) is 14.4. The standard InChI is InChI=1S/C31H28N6O6/c38-26-15-36(19-7-9-35(10-8-19)31-32-13-18(14-33-31)30(40)41)29(39)23-12-21-20-3-1-2-4-22(20)34-27(21)28(37(23)26)17-5-6-24-25(11-17)43-16-42-24/h1-6,11,13-14,19,23,28,34H,7-10,12,15-16H2,(H,40,41). The van der Waals surface area contributed by atoms with Crippen molar-refractivity contribution in [3.05, 3.63) is 77.2 Å². The number of ether oxygens (including phenoxy) is 2. The topological polar surface area (TPSA) is 141 Å². The number of carbonyl (C=O) groups is 3. The Balaban J connectivity index is 1.09. The Morgan fingerprint density at radius 2 is 1.77 bits per heavy atom. The summed E-state index contributed by atoms with van der Waals surface area (Å²) >= 11 is 0. The summed E-state index contributed by atoms with van der Waals surface area (Å²) in [4.78, 5) is 57.0. The van der Waals surface area contributed by atoms with Gasteiger partial charge >= 0.3 is 5.97 Å². The highest BCUT2D eigenvalue weighted by molar-refractivity contribution is 5.98. The zero-order valence-electron chi connectivity index (χ0n) is 23.1. The Hall–Kier alpha value is -5.13. The maximum absolute atomic E-state index is 14.3. The molecule has 2 aromatic heterocycles. The van der Waals surface area contributed by atoms with E-state index in [4.69, 9.17) is 14.6 Å². The summed E-state index contributed by atoms with van der Waals surface area (Å²) in [5.74, 6) is 0.545. The van der Waals surface area contributed by atoms with E-state index < -0.39 is 18.1 Å². The quantitative estimate of drug-likeness (QED) is 0.373. The normalized spacial score (nSPS) is 21.7. The van der Waals surface area contributed by atoms with Crippen LogP contribution in [-0.4, -0.2) is 86.2 Å². The molecule has 2 N–H and O–H groups in total. The van der Waals surface area contributed by atoms with Gasteiger partial charge in [-0.25, -0.2) is 14.8 Å². The Morgan fingerprint density at radius 3 is 2.56 bits per heavy atom. The first-order chi connectivity index (χ1) is 21.0. The average Bonchev–Trinajstić information content (AvgIpc) is 3.66. The van der Waals surface area contributed by atoms with Crippen LogP contribution in [0.2, 0.25) is 0 Å². The number of H-pyrrole nitrogens is 1. The molecule has 2 aromatic carbocycles. The fourth-order valence-electron chi connectivity index (χ4n) is 7.00. The fraction of sp³-hybridized carbons (Fsp3) is 0.323. The van der Waals surface area contributed by atoms with Crippen LogP contribution in [0.5, 0.6) is 11.5 Å². The lowest BCUT2D eigenvalue weighted by molar-refractivity contribution is -0.161. The first kappa shape index (κ1) is 25.6. The van der Waals surface area contributed by atoms with Crippen molar-refractivity contribution in [3.63, 3.8) is 0 Å². The zero-order chi connectivity index (χ0) is 29.2. The number of para-hydroxylation sites is 1. The molecule has 0 bridgehead atoms. The van der Waals surface area contributed by atoms with Crippen LogP contribution in [0.25, 0.3) is 10.9 Å². The van der Waals surface area contributed by atoms with Crippen LogP contribution < -0.4 is 14.4 Å². The lowest BCUT2D eigenvalue weighted by atomic mass is 9.85. The van der Waals surface area contributed by atoms with Gasteiger partial charge in [0.25, 0.3) is 0 Å². The molecule has 2 saturated heterocycles. The molecule has 218 valence electrons. The second kappa shape index (κ2) is 9.72. The van der Waals surface area contributed by atoms with Crippen molar-refractivity contribution in [2.75, 3.05) is 31.3 Å². The minimum atomic E-state index is -1.07. The molecule has 8 rings (SSSR count). The monoisotopic (exact) mass is 580 g/mol. The van der Waals surface area contributed by atoms with Crippen molar-refractivity contribution in [1.82, 2.24) is 24.8 Å². The third-order valence-electron chi connectivity index (χ3n) is 9.08. The maximum atomic E-state index is 14.3. The molecule has 2 fully saturated rings. The molecule has 12 nitrogen and oxygen atoms in total. The average molecular weight is 581 g/mol. The number of carboxylic acids is 1. The van der Waals surface area contributed by atoms with E-state index in [1.807, 2.05) is 41.3 Å². The Morgan fingerprint density at radius 1 is 1.00 bits per heavy atom. The number of hydrogen-bond acceptors (Lipinski definition) is 8. The summed E-state index contributed by atoms with van der Waals surface area (Å²) in [6.07, 6.45) is 4.34. The number of rotatable bonds is 4. The van der Waals surface area contributed by atoms with Crippen molar-refractivity contribution in [3.8, 4) is 11.5 Å². The lowest BCUT2D eigenvalue weighted by Crippen LogP contribution is -2.65. The van der Waals surface area contributed by atoms with E-state index in [-0.39, 0.29) is 36.8 Å². The zero-order valence-corrected chi connectivity index (χ0v) is 23.1. The van der Waals surface area contributed by atoms with E-state index in [1.165, 1.54) is 12.4 Å². The second-order valence-corrected chi connectivity index (χ2v) is 11.4. The number of nitrogens with one attached hydrogen (secondary N) is 1.